The van der Waals surface area contributed by atoms with Crippen molar-refractivity contribution in [2.45, 2.75) is 6.54 Å². The Hall–Kier alpha value is -2.12. The van der Waals surface area contributed by atoms with Crippen LogP contribution in [0, 0.1) is 0 Å². The first kappa shape index (κ1) is 16.3. The summed E-state index contributed by atoms with van der Waals surface area (Å²) in [6, 6.07) is 7.95. The number of anilines is 1. The minimum absolute atomic E-state index is 0.164. The lowest BCUT2D eigenvalue weighted by molar-refractivity contribution is 0.0951. The molecular formula is C14H14ClN3O3S. The summed E-state index contributed by atoms with van der Waals surface area (Å²) in [5, 5.41) is 2.89. The molecule has 1 heterocycles. The first-order chi connectivity index (χ1) is 10.3. The van der Waals surface area contributed by atoms with Gasteiger partial charge in [-0.05, 0) is 29.8 Å². The Morgan fingerprint density at radius 2 is 2.09 bits per heavy atom. The van der Waals surface area contributed by atoms with Crippen molar-refractivity contribution >= 4 is 33.2 Å². The topological polar surface area (TPSA) is 88.2 Å². The Balaban J connectivity index is 2.07. The lowest BCUT2D eigenvalue weighted by Gasteiger charge is -2.09. The molecule has 2 aromatic rings. The summed E-state index contributed by atoms with van der Waals surface area (Å²) in [5.74, 6) is -0.347. The third-order valence-electron chi connectivity index (χ3n) is 2.69. The number of carbonyl (C=O) groups excluding carboxylic acids is 1. The highest BCUT2D eigenvalue weighted by Crippen LogP contribution is 2.21. The van der Waals surface area contributed by atoms with Gasteiger partial charge in [0.1, 0.15) is 0 Å². The summed E-state index contributed by atoms with van der Waals surface area (Å²) in [7, 11) is -3.39. The third-order valence-corrected chi connectivity index (χ3v) is 3.61. The van der Waals surface area contributed by atoms with E-state index in [0.29, 0.717) is 12.2 Å². The SMILES string of the molecule is CS(=O)(=O)Nc1ccc(C(=O)NCc2cccnc2)c(Cl)c1. The number of halogens is 1. The molecule has 22 heavy (non-hydrogen) atoms. The summed E-state index contributed by atoms with van der Waals surface area (Å²) < 4.78 is 24.6. The predicted octanol–water partition coefficient (Wildman–Crippen LogP) is 2.04. The van der Waals surface area contributed by atoms with E-state index in [-0.39, 0.29) is 16.5 Å². The molecule has 0 bridgehead atoms. The van der Waals surface area contributed by atoms with E-state index in [1.807, 2.05) is 6.07 Å². The van der Waals surface area contributed by atoms with Gasteiger partial charge in [-0.2, -0.15) is 0 Å². The van der Waals surface area contributed by atoms with Crippen LogP contribution in [-0.2, 0) is 16.6 Å². The Kier molecular flexibility index (Phi) is 4.99. The average Bonchev–Trinajstić information content (AvgIpc) is 2.44. The Bertz CT molecular complexity index is 779. The summed E-state index contributed by atoms with van der Waals surface area (Å²) in [4.78, 5) is 16.0. The summed E-state index contributed by atoms with van der Waals surface area (Å²) in [6.45, 7) is 0.326. The fraction of sp³-hybridized carbons (Fsp3) is 0.143. The van der Waals surface area contributed by atoms with Crippen LogP contribution < -0.4 is 10.0 Å². The molecule has 0 unspecified atom stereocenters. The number of aromatic nitrogens is 1. The lowest BCUT2D eigenvalue weighted by atomic mass is 10.2. The minimum atomic E-state index is -3.39. The van der Waals surface area contributed by atoms with Gasteiger partial charge < -0.3 is 5.32 Å². The van der Waals surface area contributed by atoms with E-state index in [1.54, 1.807) is 18.5 Å². The van der Waals surface area contributed by atoms with Gasteiger partial charge >= 0.3 is 0 Å². The van der Waals surface area contributed by atoms with Crippen molar-refractivity contribution < 1.29 is 13.2 Å². The van der Waals surface area contributed by atoms with E-state index in [9.17, 15) is 13.2 Å². The molecule has 0 radical (unpaired) electrons. The Morgan fingerprint density at radius 1 is 1.32 bits per heavy atom. The molecule has 0 saturated carbocycles. The molecule has 0 atom stereocenters. The maximum atomic E-state index is 12.1. The number of pyridine rings is 1. The molecule has 6 nitrogen and oxygen atoms in total. The van der Waals surface area contributed by atoms with Crippen LogP contribution in [0.2, 0.25) is 5.02 Å². The molecule has 116 valence electrons. The largest absolute Gasteiger partial charge is 0.348 e. The number of nitrogens with one attached hydrogen (secondary N) is 2. The molecule has 0 aliphatic heterocycles. The van der Waals surface area contributed by atoms with Crippen molar-refractivity contribution in [3.8, 4) is 0 Å². The van der Waals surface area contributed by atoms with Crippen molar-refractivity contribution in [2.24, 2.45) is 0 Å². The fourth-order valence-electron chi connectivity index (χ4n) is 1.76. The van der Waals surface area contributed by atoms with Crippen molar-refractivity contribution in [3.05, 3.63) is 58.9 Å². The molecule has 2 N–H and O–H groups in total. The van der Waals surface area contributed by atoms with Gasteiger partial charge in [-0.25, -0.2) is 8.42 Å². The highest BCUT2D eigenvalue weighted by Gasteiger charge is 2.12. The van der Waals surface area contributed by atoms with Crippen molar-refractivity contribution in [3.63, 3.8) is 0 Å². The van der Waals surface area contributed by atoms with Crippen molar-refractivity contribution in [1.29, 1.82) is 0 Å². The van der Waals surface area contributed by atoms with E-state index < -0.39 is 10.0 Å². The number of hydrogen-bond acceptors (Lipinski definition) is 4. The van der Waals surface area contributed by atoms with Crippen molar-refractivity contribution in [2.75, 3.05) is 11.0 Å². The highest BCUT2D eigenvalue weighted by molar-refractivity contribution is 7.92. The first-order valence-electron chi connectivity index (χ1n) is 6.29. The maximum absolute atomic E-state index is 12.1. The van der Waals surface area contributed by atoms with Gasteiger partial charge in [0.05, 0.1) is 16.8 Å². The van der Waals surface area contributed by atoms with Crippen LogP contribution in [0.5, 0.6) is 0 Å². The molecule has 1 aromatic carbocycles. The highest BCUT2D eigenvalue weighted by atomic mass is 35.5. The molecule has 2 rings (SSSR count). The Labute approximate surface area is 133 Å². The average molecular weight is 340 g/mol. The second kappa shape index (κ2) is 6.76. The van der Waals surface area contributed by atoms with Crippen LogP contribution in [0.3, 0.4) is 0 Å². The fourth-order valence-corrected chi connectivity index (χ4v) is 2.58. The van der Waals surface area contributed by atoms with Gasteiger partial charge in [-0.3, -0.25) is 14.5 Å². The van der Waals surface area contributed by atoms with Crippen LogP contribution in [0.25, 0.3) is 0 Å². The molecule has 0 spiro atoms. The van der Waals surface area contributed by atoms with Gasteiger partial charge in [-0.15, -0.1) is 0 Å². The molecule has 0 fully saturated rings. The number of benzene rings is 1. The lowest BCUT2D eigenvalue weighted by Crippen LogP contribution is -2.23. The first-order valence-corrected chi connectivity index (χ1v) is 8.56. The zero-order valence-electron chi connectivity index (χ0n) is 11.7. The van der Waals surface area contributed by atoms with Crippen LogP contribution in [-0.4, -0.2) is 25.6 Å². The van der Waals surface area contributed by atoms with E-state index in [1.165, 1.54) is 18.2 Å². The quantitative estimate of drug-likeness (QED) is 0.872. The molecule has 0 aliphatic rings. The normalized spacial score (nSPS) is 11.0. The monoisotopic (exact) mass is 339 g/mol. The maximum Gasteiger partial charge on any atom is 0.253 e. The molecule has 8 heteroatoms. The zero-order valence-corrected chi connectivity index (χ0v) is 13.3. The predicted molar refractivity (Wildman–Crippen MR) is 85.3 cm³/mol. The van der Waals surface area contributed by atoms with E-state index >= 15 is 0 Å². The van der Waals surface area contributed by atoms with Crippen molar-refractivity contribution in [1.82, 2.24) is 10.3 Å². The molecule has 1 aromatic heterocycles. The number of nitrogens with zero attached hydrogens (tertiary/aromatic N) is 1. The number of sulfonamides is 1. The smallest absolute Gasteiger partial charge is 0.253 e. The van der Waals surface area contributed by atoms with Gasteiger partial charge in [-0.1, -0.05) is 17.7 Å². The molecule has 0 aliphatic carbocycles. The van der Waals surface area contributed by atoms with E-state index in [4.69, 9.17) is 11.6 Å². The van der Waals surface area contributed by atoms with E-state index in [2.05, 4.69) is 15.0 Å². The number of hydrogen-bond donors (Lipinski definition) is 2. The minimum Gasteiger partial charge on any atom is -0.348 e. The van der Waals surface area contributed by atoms with Gasteiger partial charge in [0.15, 0.2) is 0 Å². The second-order valence-corrected chi connectivity index (χ2v) is 6.77. The van der Waals surface area contributed by atoms with Gasteiger partial charge in [0, 0.05) is 24.6 Å². The summed E-state index contributed by atoms with van der Waals surface area (Å²) in [5.41, 5.74) is 1.43. The van der Waals surface area contributed by atoms with Gasteiger partial charge in [0.2, 0.25) is 10.0 Å². The molecule has 1 amide bonds. The van der Waals surface area contributed by atoms with Crippen LogP contribution in [0.4, 0.5) is 5.69 Å². The second-order valence-electron chi connectivity index (χ2n) is 4.61. The zero-order chi connectivity index (χ0) is 16.2. The standard InChI is InChI=1S/C14H14ClN3O3S/c1-22(20,21)18-11-4-5-12(13(15)7-11)14(19)17-9-10-3-2-6-16-8-10/h2-8,18H,9H2,1H3,(H,17,19). The molecular weight excluding hydrogens is 326 g/mol. The number of amides is 1. The third kappa shape index (κ3) is 4.71. The van der Waals surface area contributed by atoms with Crippen LogP contribution in [0.1, 0.15) is 15.9 Å². The summed E-state index contributed by atoms with van der Waals surface area (Å²) in [6.07, 6.45) is 4.34. The number of rotatable bonds is 5. The molecule has 0 saturated heterocycles. The summed E-state index contributed by atoms with van der Waals surface area (Å²) >= 11 is 6.03. The van der Waals surface area contributed by atoms with E-state index in [0.717, 1.165) is 11.8 Å². The van der Waals surface area contributed by atoms with Crippen LogP contribution >= 0.6 is 11.6 Å². The number of carbonyl (C=O) groups is 1. The Morgan fingerprint density at radius 3 is 2.68 bits per heavy atom. The van der Waals surface area contributed by atoms with Crippen LogP contribution in [0.15, 0.2) is 42.7 Å². The van der Waals surface area contributed by atoms with Gasteiger partial charge in [0.25, 0.3) is 5.91 Å².